The Kier molecular flexibility index (Phi) is 5.74. The van der Waals surface area contributed by atoms with Crippen molar-refractivity contribution < 1.29 is 13.2 Å². The van der Waals surface area contributed by atoms with Crippen molar-refractivity contribution in [3.63, 3.8) is 0 Å². The van der Waals surface area contributed by atoms with Crippen LogP contribution < -0.4 is 10.6 Å². The maximum atomic E-state index is 14.4. The second kappa shape index (κ2) is 8.45. The number of anilines is 2. The van der Waals surface area contributed by atoms with Crippen LogP contribution in [0.1, 0.15) is 11.3 Å². The van der Waals surface area contributed by atoms with Crippen molar-refractivity contribution in [2.45, 2.75) is 12.5 Å². The van der Waals surface area contributed by atoms with E-state index in [1.165, 1.54) is 18.3 Å². The largest absolute Gasteiger partial charge is 0.422 e. The monoisotopic (exact) mass is 448 g/mol. The number of aromatic nitrogens is 2. The zero-order valence-electron chi connectivity index (χ0n) is 15.5. The van der Waals surface area contributed by atoms with Gasteiger partial charge in [-0.3, -0.25) is 4.98 Å². The summed E-state index contributed by atoms with van der Waals surface area (Å²) >= 11 is 12.2. The van der Waals surface area contributed by atoms with Gasteiger partial charge in [0.1, 0.15) is 11.2 Å². The van der Waals surface area contributed by atoms with Gasteiger partial charge >= 0.3 is 5.92 Å². The Labute approximate surface area is 181 Å². The lowest BCUT2D eigenvalue weighted by Gasteiger charge is -2.17. The van der Waals surface area contributed by atoms with Crippen molar-refractivity contribution in [1.29, 1.82) is 0 Å². The molecule has 5 nitrogen and oxygen atoms in total. The molecule has 0 bridgehead atoms. The van der Waals surface area contributed by atoms with Crippen molar-refractivity contribution in [3.05, 3.63) is 82.1 Å². The summed E-state index contributed by atoms with van der Waals surface area (Å²) in [7, 11) is 0. The molecule has 2 aromatic heterocycles. The van der Waals surface area contributed by atoms with E-state index < -0.39 is 12.5 Å². The van der Waals surface area contributed by atoms with Crippen LogP contribution in [0, 0.1) is 0 Å². The predicted molar refractivity (Wildman–Crippen MR) is 114 cm³/mol. The molecule has 0 aliphatic heterocycles. The van der Waals surface area contributed by atoms with Gasteiger partial charge < -0.3 is 15.1 Å². The first-order chi connectivity index (χ1) is 14.4. The number of hydrogen-bond acceptors (Lipinski definition) is 5. The molecule has 0 saturated heterocycles. The fraction of sp³-hybridized carbons (Fsp3) is 0.143. The molecule has 0 fully saturated rings. The molecular formula is C21H16Cl2F2N4O. The molecule has 30 heavy (non-hydrogen) atoms. The highest BCUT2D eigenvalue weighted by molar-refractivity contribution is 6.35. The smallest absolute Gasteiger partial charge is 0.306 e. The van der Waals surface area contributed by atoms with Gasteiger partial charge in [0.15, 0.2) is 5.58 Å². The van der Waals surface area contributed by atoms with E-state index in [4.69, 9.17) is 27.6 Å². The van der Waals surface area contributed by atoms with Gasteiger partial charge in [0.05, 0.1) is 17.3 Å². The number of alkyl halides is 2. The molecule has 0 atom stereocenters. The molecule has 9 heteroatoms. The number of hydrogen-bond donors (Lipinski definition) is 2. The molecule has 2 aromatic carbocycles. The third kappa shape index (κ3) is 4.47. The van der Waals surface area contributed by atoms with Crippen LogP contribution >= 0.6 is 23.2 Å². The van der Waals surface area contributed by atoms with Crippen LogP contribution in [0.5, 0.6) is 0 Å². The molecule has 0 saturated carbocycles. The van der Waals surface area contributed by atoms with Crippen LogP contribution in [-0.4, -0.2) is 16.5 Å². The zero-order chi connectivity index (χ0) is 21.1. The van der Waals surface area contributed by atoms with Gasteiger partial charge in [-0.1, -0.05) is 41.4 Å². The second-order valence-electron chi connectivity index (χ2n) is 6.55. The third-order valence-electron chi connectivity index (χ3n) is 4.37. The first-order valence-electron chi connectivity index (χ1n) is 9.03. The van der Waals surface area contributed by atoms with Crippen LogP contribution in [0.4, 0.5) is 20.5 Å². The number of benzene rings is 2. The van der Waals surface area contributed by atoms with Gasteiger partial charge in [-0.25, -0.2) is 0 Å². The van der Waals surface area contributed by atoms with Gasteiger partial charge in [0.2, 0.25) is 0 Å². The quantitative estimate of drug-likeness (QED) is 0.345. The van der Waals surface area contributed by atoms with E-state index in [-0.39, 0.29) is 11.7 Å². The summed E-state index contributed by atoms with van der Waals surface area (Å²) < 4.78 is 34.6. The number of nitrogens with one attached hydrogen (secondary N) is 2. The number of nitrogens with zero attached hydrogens (tertiary/aromatic N) is 2. The van der Waals surface area contributed by atoms with Gasteiger partial charge in [-0.2, -0.15) is 13.8 Å². The van der Waals surface area contributed by atoms with Crippen LogP contribution in [-0.2, 0) is 12.5 Å². The summed E-state index contributed by atoms with van der Waals surface area (Å²) in [5, 5.41) is 6.73. The number of halogens is 4. The minimum absolute atomic E-state index is 0.220. The molecule has 0 amide bonds. The van der Waals surface area contributed by atoms with Crippen molar-refractivity contribution in [2.24, 2.45) is 0 Å². The third-order valence-corrected chi connectivity index (χ3v) is 4.90. The Morgan fingerprint density at radius 3 is 2.63 bits per heavy atom. The molecule has 0 unspecified atom stereocenters. The molecule has 0 radical (unpaired) electrons. The summed E-state index contributed by atoms with van der Waals surface area (Å²) in [6, 6.07) is 15.1. The van der Waals surface area contributed by atoms with E-state index in [0.29, 0.717) is 33.4 Å². The maximum Gasteiger partial charge on any atom is 0.306 e. The van der Waals surface area contributed by atoms with Crippen molar-refractivity contribution >= 4 is 46.0 Å². The molecule has 154 valence electrons. The summed E-state index contributed by atoms with van der Waals surface area (Å²) in [5.41, 5.74) is 1.66. The highest BCUT2D eigenvalue weighted by atomic mass is 35.5. The summed E-state index contributed by atoms with van der Waals surface area (Å²) in [6.07, 6.45) is 1.33. The van der Waals surface area contributed by atoms with Crippen LogP contribution in [0.15, 0.2) is 65.2 Å². The average molecular weight is 449 g/mol. The van der Waals surface area contributed by atoms with Crippen LogP contribution in [0.25, 0.3) is 11.1 Å². The molecule has 0 spiro atoms. The topological polar surface area (TPSA) is 63.0 Å². The predicted octanol–water partition coefficient (Wildman–Crippen LogP) is 6.35. The van der Waals surface area contributed by atoms with Gasteiger partial charge in [0.25, 0.3) is 6.01 Å². The Bertz CT molecular complexity index is 1170. The van der Waals surface area contributed by atoms with Crippen molar-refractivity contribution in [1.82, 2.24) is 9.97 Å². The first kappa shape index (κ1) is 20.4. The molecule has 0 aliphatic rings. The normalized spacial score (nSPS) is 11.6. The van der Waals surface area contributed by atoms with E-state index >= 15 is 0 Å². The molecule has 2 N–H and O–H groups in total. The maximum absolute atomic E-state index is 14.4. The van der Waals surface area contributed by atoms with Crippen molar-refractivity contribution in [3.8, 4) is 0 Å². The Balaban J connectivity index is 1.53. The van der Waals surface area contributed by atoms with Crippen molar-refractivity contribution in [2.75, 3.05) is 17.2 Å². The number of oxazole rings is 1. The minimum Gasteiger partial charge on any atom is -0.422 e. The average Bonchev–Trinajstić information content (AvgIpc) is 3.18. The van der Waals surface area contributed by atoms with E-state index in [0.717, 1.165) is 5.56 Å². The van der Waals surface area contributed by atoms with Gasteiger partial charge in [-0.15, -0.1) is 0 Å². The van der Waals surface area contributed by atoms with Gasteiger partial charge in [-0.05, 0) is 42.0 Å². The van der Waals surface area contributed by atoms with Gasteiger partial charge in [0, 0.05) is 17.8 Å². The number of fused-ring (bicyclic) bond motifs is 1. The Hall–Kier alpha value is -2.90. The Morgan fingerprint density at radius 2 is 1.87 bits per heavy atom. The lowest BCUT2D eigenvalue weighted by atomic mass is 10.2. The molecular weight excluding hydrogens is 433 g/mol. The summed E-state index contributed by atoms with van der Waals surface area (Å²) in [4.78, 5) is 8.10. The van der Waals surface area contributed by atoms with Crippen LogP contribution in [0.3, 0.4) is 0 Å². The molecule has 4 rings (SSSR count). The Morgan fingerprint density at radius 1 is 1.00 bits per heavy atom. The zero-order valence-corrected chi connectivity index (χ0v) is 17.0. The first-order valence-corrected chi connectivity index (χ1v) is 9.78. The molecule has 4 aromatic rings. The summed E-state index contributed by atoms with van der Waals surface area (Å²) in [6.45, 7) is -0.232. The van der Waals surface area contributed by atoms with E-state index in [9.17, 15) is 8.78 Å². The standard InChI is InChI=1S/C21H16Cl2F2N4O/c22-14-5-3-4-13(10-14)11-27-20-29-18-16(8-7-15(23)19(18)30-20)28-12-21(24,25)17-6-1-2-9-26-17/h1-10,28H,11-12H2,(H,27,29). The lowest BCUT2D eigenvalue weighted by molar-refractivity contribution is 0.00602. The highest BCUT2D eigenvalue weighted by Gasteiger charge is 2.33. The lowest BCUT2D eigenvalue weighted by Crippen LogP contribution is -2.25. The summed E-state index contributed by atoms with van der Waals surface area (Å²) in [5.74, 6) is -3.16. The van der Waals surface area contributed by atoms with E-state index in [1.54, 1.807) is 24.3 Å². The minimum atomic E-state index is -3.16. The fourth-order valence-electron chi connectivity index (χ4n) is 2.89. The SMILES string of the molecule is FC(F)(CNc1ccc(Cl)c2oc(NCc3cccc(Cl)c3)nc12)c1ccccn1. The molecule has 2 heterocycles. The van der Waals surface area contributed by atoms with E-state index in [2.05, 4.69) is 20.6 Å². The number of pyridine rings is 1. The second-order valence-corrected chi connectivity index (χ2v) is 7.39. The molecule has 0 aliphatic carbocycles. The number of rotatable bonds is 7. The van der Waals surface area contributed by atoms with E-state index in [1.807, 2.05) is 18.2 Å². The fourth-order valence-corrected chi connectivity index (χ4v) is 3.30. The highest BCUT2D eigenvalue weighted by Crippen LogP contribution is 2.34. The van der Waals surface area contributed by atoms with Crippen LogP contribution in [0.2, 0.25) is 10.0 Å².